The lowest BCUT2D eigenvalue weighted by Crippen LogP contribution is -2.69. The van der Waals surface area contributed by atoms with Gasteiger partial charge in [-0.05, 0) is 37.3 Å². The quantitative estimate of drug-likeness (QED) is 0.611. The summed E-state index contributed by atoms with van der Waals surface area (Å²) in [6.45, 7) is 4.67. The molecule has 5 aliphatic rings. The average molecular weight is 520 g/mol. The molecular weight excluding hydrogens is 480 g/mol. The molecule has 4 heterocycles. The molecule has 3 saturated carbocycles. The molecule has 2 aliphatic heterocycles. The Kier molecular flexibility index (Phi) is 5.34. The number of amides is 2. The number of anilines is 1. The predicted octanol–water partition coefficient (Wildman–Crippen LogP) is 3.05. The van der Waals surface area contributed by atoms with Crippen LogP contribution in [0.15, 0.2) is 30.6 Å². The number of hydrogen-bond acceptors (Lipinski definition) is 6. The Labute approximate surface area is 224 Å². The molecular formula is C29H39N6O3+. The second kappa shape index (κ2) is 8.36. The van der Waals surface area contributed by atoms with Crippen molar-refractivity contribution in [1.29, 1.82) is 0 Å². The van der Waals surface area contributed by atoms with E-state index in [1.54, 1.807) is 24.0 Å². The van der Waals surface area contributed by atoms with E-state index in [1.807, 2.05) is 13.2 Å². The van der Waals surface area contributed by atoms with E-state index in [0.29, 0.717) is 11.6 Å². The maximum Gasteiger partial charge on any atom is 0.341 e. The first-order valence-electron chi connectivity index (χ1n) is 14.3. The molecule has 2 aromatic rings. The highest BCUT2D eigenvalue weighted by molar-refractivity contribution is 6.01. The van der Waals surface area contributed by atoms with Crippen molar-refractivity contribution in [3.05, 3.63) is 36.3 Å². The van der Waals surface area contributed by atoms with Gasteiger partial charge in [-0.3, -0.25) is 9.48 Å². The van der Waals surface area contributed by atoms with E-state index in [-0.39, 0.29) is 39.2 Å². The highest BCUT2D eigenvalue weighted by Gasteiger charge is 2.75. The van der Waals surface area contributed by atoms with Crippen LogP contribution in [0.5, 0.6) is 0 Å². The number of hydrogen-bond donors (Lipinski definition) is 1. The van der Waals surface area contributed by atoms with Gasteiger partial charge in [0.2, 0.25) is 0 Å². The molecule has 202 valence electrons. The highest BCUT2D eigenvalue weighted by atomic mass is 16.5. The Morgan fingerprint density at radius 3 is 2.63 bits per heavy atom. The topological polar surface area (TPSA) is 89.4 Å². The van der Waals surface area contributed by atoms with Gasteiger partial charge >= 0.3 is 5.91 Å². The number of likely N-dealkylation sites (N-methyl/N-ethyl adjacent to an activating group) is 1. The first-order chi connectivity index (χ1) is 18.3. The molecule has 1 N–H and O–H groups in total. The Hall–Kier alpha value is -2.78. The molecule has 2 aromatic heterocycles. The molecule has 4 unspecified atom stereocenters. The normalized spacial score (nSPS) is 35.8. The second-order valence-corrected chi connectivity index (χ2v) is 12.8. The molecule has 0 aromatic carbocycles. The van der Waals surface area contributed by atoms with E-state index in [1.165, 1.54) is 12.8 Å². The summed E-state index contributed by atoms with van der Waals surface area (Å²) in [5, 5.41) is 7.36. The second-order valence-electron chi connectivity index (χ2n) is 12.8. The lowest BCUT2D eigenvalue weighted by atomic mass is 9.64. The minimum absolute atomic E-state index is 0.0109. The molecule has 9 heteroatoms. The summed E-state index contributed by atoms with van der Waals surface area (Å²) < 4.78 is 7.58. The summed E-state index contributed by atoms with van der Waals surface area (Å²) in [6, 6.07) is 5.58. The molecule has 38 heavy (non-hydrogen) atoms. The third-order valence-corrected chi connectivity index (χ3v) is 10.9. The van der Waals surface area contributed by atoms with Crippen LogP contribution in [0.2, 0.25) is 0 Å². The number of carbonyl (C=O) groups is 2. The zero-order valence-electron chi connectivity index (χ0n) is 22.7. The monoisotopic (exact) mass is 519 g/mol. The van der Waals surface area contributed by atoms with E-state index in [9.17, 15) is 9.59 Å². The van der Waals surface area contributed by atoms with Crippen molar-refractivity contribution in [1.82, 2.24) is 24.6 Å². The first kappa shape index (κ1) is 24.3. The molecule has 2 saturated heterocycles. The number of ether oxygens (including phenoxy) is 1. The van der Waals surface area contributed by atoms with Gasteiger partial charge < -0.3 is 15.0 Å². The molecule has 2 amide bonds. The smallest absolute Gasteiger partial charge is 0.341 e. The number of quaternary nitrogens is 1. The molecule has 0 bridgehead atoms. The summed E-state index contributed by atoms with van der Waals surface area (Å²) in [6.07, 6.45) is 11.5. The molecule has 5 fully saturated rings. The number of likely N-dealkylation sites (tertiary alicyclic amines) is 1. The van der Waals surface area contributed by atoms with Gasteiger partial charge in [0.15, 0.2) is 5.69 Å². The minimum atomic E-state index is -0.534. The Morgan fingerprint density at radius 1 is 1.21 bits per heavy atom. The number of rotatable bonds is 5. The number of aryl methyl sites for hydroxylation is 1. The van der Waals surface area contributed by atoms with Crippen LogP contribution in [0.4, 0.5) is 11.5 Å². The number of nitrogens with one attached hydrogen (secondary N) is 1. The van der Waals surface area contributed by atoms with Crippen molar-refractivity contribution in [3.63, 3.8) is 0 Å². The van der Waals surface area contributed by atoms with E-state index in [0.717, 1.165) is 63.4 Å². The maximum absolute atomic E-state index is 14.5. The van der Waals surface area contributed by atoms with Gasteiger partial charge in [-0.25, -0.2) is 14.3 Å². The number of piperidine rings is 1. The van der Waals surface area contributed by atoms with Crippen molar-refractivity contribution in [2.24, 2.45) is 24.3 Å². The van der Waals surface area contributed by atoms with Gasteiger partial charge in [0.05, 0.1) is 32.0 Å². The minimum Gasteiger partial charge on any atom is -0.377 e. The van der Waals surface area contributed by atoms with E-state index in [4.69, 9.17) is 9.72 Å². The fourth-order valence-corrected chi connectivity index (χ4v) is 8.25. The van der Waals surface area contributed by atoms with E-state index < -0.39 is 6.04 Å². The van der Waals surface area contributed by atoms with E-state index >= 15 is 0 Å². The fraction of sp³-hybridized carbons (Fsp3) is 0.655. The Morgan fingerprint density at radius 2 is 2.03 bits per heavy atom. The first-order valence-corrected chi connectivity index (χ1v) is 14.3. The maximum atomic E-state index is 14.5. The molecule has 3 aliphatic carbocycles. The zero-order valence-corrected chi connectivity index (χ0v) is 22.7. The van der Waals surface area contributed by atoms with Crippen LogP contribution in [-0.2, 0) is 16.6 Å². The largest absolute Gasteiger partial charge is 0.377 e. The van der Waals surface area contributed by atoms with Crippen molar-refractivity contribution in [2.45, 2.75) is 69.5 Å². The lowest BCUT2D eigenvalue weighted by molar-refractivity contribution is -0.140. The van der Waals surface area contributed by atoms with Crippen LogP contribution >= 0.6 is 0 Å². The number of pyridine rings is 1. The number of fused-ring (bicyclic) bond motifs is 1. The van der Waals surface area contributed by atoms with Crippen LogP contribution < -0.4 is 14.7 Å². The molecule has 1 spiro atoms. The standard InChI is InChI=1S/C29H38N6O3/c1-28-16-22(28)35(3,20-8-9-23(30-17-20)34-14-15-38-18-29(34)11-5-12-29)27(37)25(24(28)19-6-4-7-19)32-26(36)21-10-13-31-33(21)2/h8-10,13,17,19,22,24-25H,4-7,11-12,14-16,18H2,1-3H3/p+1/t22?,24?,25-,28?,35?/m0/s1. The number of aromatic nitrogens is 3. The highest BCUT2D eigenvalue weighted by Crippen LogP contribution is 2.65. The fourth-order valence-electron chi connectivity index (χ4n) is 8.25. The van der Waals surface area contributed by atoms with Crippen molar-refractivity contribution in [3.8, 4) is 0 Å². The predicted molar refractivity (Wildman–Crippen MR) is 144 cm³/mol. The molecule has 0 radical (unpaired) electrons. The summed E-state index contributed by atoms with van der Waals surface area (Å²) >= 11 is 0. The molecule has 7 rings (SSSR count). The lowest BCUT2D eigenvalue weighted by Gasteiger charge is -2.53. The zero-order chi connectivity index (χ0) is 26.3. The van der Waals surface area contributed by atoms with Crippen LogP contribution in [0.3, 0.4) is 0 Å². The SMILES string of the molecule is Cn1nccc1C(=O)N[C@@H]1C(=O)[N+](C)(c2ccc(N3CCOCC34CCC4)nc2)C2CC2(C)C1C1CCC1. The number of carbonyl (C=O) groups excluding carboxylic acids is 2. The van der Waals surface area contributed by atoms with Crippen LogP contribution in [-0.4, -0.2) is 71.0 Å². The van der Waals surface area contributed by atoms with Gasteiger partial charge in [0, 0.05) is 43.6 Å². The van der Waals surface area contributed by atoms with Crippen LogP contribution in [0.1, 0.15) is 62.4 Å². The summed E-state index contributed by atoms with van der Waals surface area (Å²) in [4.78, 5) is 35.2. The van der Waals surface area contributed by atoms with Crippen LogP contribution in [0, 0.1) is 17.3 Å². The average Bonchev–Trinajstić information content (AvgIpc) is 3.40. The molecule has 5 atom stereocenters. The van der Waals surface area contributed by atoms with Crippen molar-refractivity contribution < 1.29 is 14.3 Å². The third kappa shape index (κ3) is 3.30. The number of morpholine rings is 1. The van der Waals surface area contributed by atoms with Crippen LogP contribution in [0.25, 0.3) is 0 Å². The van der Waals surface area contributed by atoms with Crippen molar-refractivity contribution in [2.75, 3.05) is 31.7 Å². The van der Waals surface area contributed by atoms with Gasteiger partial charge in [0.1, 0.15) is 23.6 Å². The van der Waals surface area contributed by atoms with Gasteiger partial charge in [-0.15, -0.1) is 0 Å². The Balaban J connectivity index is 1.21. The number of nitrogens with zero attached hydrogens (tertiary/aromatic N) is 5. The molecule has 9 nitrogen and oxygen atoms in total. The third-order valence-electron chi connectivity index (χ3n) is 10.9. The van der Waals surface area contributed by atoms with Gasteiger partial charge in [-0.2, -0.15) is 5.10 Å². The van der Waals surface area contributed by atoms with Gasteiger partial charge in [-0.1, -0.05) is 26.2 Å². The van der Waals surface area contributed by atoms with E-state index in [2.05, 4.69) is 34.4 Å². The van der Waals surface area contributed by atoms with Gasteiger partial charge in [0.25, 0.3) is 5.91 Å². The van der Waals surface area contributed by atoms with Crippen molar-refractivity contribution >= 4 is 23.3 Å². The Bertz CT molecular complexity index is 1270. The summed E-state index contributed by atoms with van der Waals surface area (Å²) in [7, 11) is 3.80. The summed E-state index contributed by atoms with van der Waals surface area (Å²) in [5.74, 6) is 1.47. The summed E-state index contributed by atoms with van der Waals surface area (Å²) in [5.41, 5.74) is 1.48.